The summed E-state index contributed by atoms with van der Waals surface area (Å²) in [5.41, 5.74) is 1.04. The molecule has 0 saturated carbocycles. The second-order valence-electron chi connectivity index (χ2n) is 11.8. The summed E-state index contributed by atoms with van der Waals surface area (Å²) in [6, 6.07) is 9.49. The Hall–Kier alpha value is -1.68. The first kappa shape index (κ1) is 27.6. The van der Waals surface area contributed by atoms with E-state index in [0.717, 1.165) is 24.9 Å². The fourth-order valence-corrected chi connectivity index (χ4v) is 5.30. The summed E-state index contributed by atoms with van der Waals surface area (Å²) < 4.78 is 5.53. The van der Waals surface area contributed by atoms with Gasteiger partial charge < -0.3 is 4.74 Å². The van der Waals surface area contributed by atoms with Gasteiger partial charge >= 0.3 is 5.97 Å². The van der Waals surface area contributed by atoms with E-state index in [-0.39, 0.29) is 59.0 Å². The second-order valence-corrected chi connectivity index (χ2v) is 11.8. The molecule has 1 aromatic rings. The van der Waals surface area contributed by atoms with Crippen LogP contribution in [0.4, 0.5) is 0 Å². The largest absolute Gasteiger partial charge is 0.461 e. The van der Waals surface area contributed by atoms with Crippen molar-refractivity contribution in [3.05, 3.63) is 35.9 Å². The number of hydrogen-bond donors (Lipinski definition) is 0. The molecule has 4 heteroatoms. The molecule has 2 unspecified atom stereocenters. The number of carbonyl (C=O) groups is 2. The molecule has 0 N–H and O–H groups in total. The van der Waals surface area contributed by atoms with Crippen LogP contribution in [0.25, 0.3) is 0 Å². The zero-order chi connectivity index (χ0) is 25.0. The van der Waals surface area contributed by atoms with Crippen molar-refractivity contribution >= 4 is 11.8 Å². The first-order valence-corrected chi connectivity index (χ1v) is 12.8. The van der Waals surface area contributed by atoms with Gasteiger partial charge in [0.25, 0.3) is 0 Å². The van der Waals surface area contributed by atoms with E-state index in [1.807, 2.05) is 37.3 Å². The zero-order valence-electron chi connectivity index (χ0n) is 22.5. The molecule has 1 saturated heterocycles. The fourth-order valence-electron chi connectivity index (χ4n) is 5.30. The number of likely N-dealkylation sites (tertiary alicyclic amines) is 1. The highest BCUT2D eigenvalue weighted by molar-refractivity contribution is 5.87. The lowest BCUT2D eigenvalue weighted by atomic mass is 9.52. The molecule has 3 atom stereocenters. The predicted octanol–water partition coefficient (Wildman–Crippen LogP) is 6.67. The van der Waals surface area contributed by atoms with Crippen LogP contribution in [-0.2, 0) is 20.9 Å². The second kappa shape index (κ2) is 10.7. The molecule has 4 nitrogen and oxygen atoms in total. The molecule has 0 aliphatic carbocycles. The Kier molecular flexibility index (Phi) is 8.95. The summed E-state index contributed by atoms with van der Waals surface area (Å²) in [6.07, 6.45) is 2.87. The van der Waals surface area contributed by atoms with Crippen LogP contribution < -0.4 is 0 Å². The van der Waals surface area contributed by atoms with Crippen molar-refractivity contribution < 1.29 is 14.3 Å². The third-order valence-corrected chi connectivity index (χ3v) is 8.96. The van der Waals surface area contributed by atoms with Crippen molar-refractivity contribution in [2.24, 2.45) is 22.7 Å². The molecule has 2 rings (SSSR count). The van der Waals surface area contributed by atoms with Crippen LogP contribution >= 0.6 is 0 Å². The molecule has 1 aliphatic rings. The van der Waals surface area contributed by atoms with Gasteiger partial charge in [-0.3, -0.25) is 14.5 Å². The van der Waals surface area contributed by atoms with E-state index < -0.39 is 0 Å². The molecule has 0 aromatic heterocycles. The van der Waals surface area contributed by atoms with Gasteiger partial charge in [0.1, 0.15) is 6.61 Å². The molecule has 33 heavy (non-hydrogen) atoms. The Balaban J connectivity index is 2.22. The smallest absolute Gasteiger partial charge is 0.306 e. The lowest BCUT2D eigenvalue weighted by Crippen LogP contribution is -2.73. The van der Waals surface area contributed by atoms with Gasteiger partial charge in [-0.15, -0.1) is 0 Å². The van der Waals surface area contributed by atoms with E-state index >= 15 is 0 Å². The number of carbonyl (C=O) groups excluding carboxylic acids is 2. The average Bonchev–Trinajstić information content (AvgIpc) is 2.73. The molecule has 1 heterocycles. The molecule has 0 radical (unpaired) electrons. The van der Waals surface area contributed by atoms with Crippen molar-refractivity contribution in [1.29, 1.82) is 0 Å². The van der Waals surface area contributed by atoms with Crippen molar-refractivity contribution in [2.75, 3.05) is 6.54 Å². The topological polar surface area (TPSA) is 46.6 Å². The molecule has 0 amide bonds. The first-order valence-electron chi connectivity index (χ1n) is 12.8. The van der Waals surface area contributed by atoms with E-state index in [1.165, 1.54) is 0 Å². The Labute approximate surface area is 202 Å². The number of nitrogens with zero attached hydrogens (tertiary/aromatic N) is 1. The first-order chi connectivity index (χ1) is 15.3. The van der Waals surface area contributed by atoms with Crippen LogP contribution in [0, 0.1) is 22.7 Å². The van der Waals surface area contributed by atoms with E-state index in [4.69, 9.17) is 4.74 Å². The van der Waals surface area contributed by atoms with Gasteiger partial charge in [0.15, 0.2) is 5.78 Å². The minimum absolute atomic E-state index is 0.0143. The van der Waals surface area contributed by atoms with Gasteiger partial charge in [0, 0.05) is 24.4 Å². The van der Waals surface area contributed by atoms with Gasteiger partial charge in [0.05, 0.1) is 6.04 Å². The number of ketones is 1. The summed E-state index contributed by atoms with van der Waals surface area (Å²) in [7, 11) is 0. The molecular formula is C29H47NO3. The average molecular weight is 458 g/mol. The quantitative estimate of drug-likeness (QED) is 0.348. The number of esters is 1. The number of ether oxygens (including phenoxy) is 1. The fraction of sp³-hybridized carbons (Fsp3) is 0.724. The number of hydrogen-bond acceptors (Lipinski definition) is 4. The Morgan fingerprint density at radius 3 is 2.12 bits per heavy atom. The van der Waals surface area contributed by atoms with E-state index in [1.54, 1.807) is 0 Å². The molecule has 1 fully saturated rings. The van der Waals surface area contributed by atoms with E-state index in [0.29, 0.717) is 6.42 Å². The van der Waals surface area contributed by atoms with Gasteiger partial charge in [0.2, 0.25) is 0 Å². The highest BCUT2D eigenvalue weighted by atomic mass is 16.5. The van der Waals surface area contributed by atoms with Crippen molar-refractivity contribution in [3.8, 4) is 0 Å². The highest BCUT2D eigenvalue weighted by Crippen LogP contribution is 2.57. The zero-order valence-corrected chi connectivity index (χ0v) is 22.5. The van der Waals surface area contributed by atoms with Crippen LogP contribution in [0.15, 0.2) is 30.3 Å². The summed E-state index contributed by atoms with van der Waals surface area (Å²) >= 11 is 0. The molecule has 1 aromatic carbocycles. The number of Topliss-reactive ketones (excluding diaryl/α,β-unsaturated/α-hetero) is 1. The Morgan fingerprint density at radius 2 is 1.67 bits per heavy atom. The van der Waals surface area contributed by atoms with Crippen molar-refractivity contribution in [1.82, 2.24) is 4.90 Å². The lowest BCUT2D eigenvalue weighted by Gasteiger charge is -2.66. The Morgan fingerprint density at radius 1 is 1.06 bits per heavy atom. The number of rotatable bonds is 11. The van der Waals surface area contributed by atoms with Crippen molar-refractivity contribution in [2.45, 2.75) is 106 Å². The molecule has 0 bridgehead atoms. The van der Waals surface area contributed by atoms with Gasteiger partial charge in [-0.25, -0.2) is 0 Å². The summed E-state index contributed by atoms with van der Waals surface area (Å²) in [6.45, 7) is 21.3. The summed E-state index contributed by atoms with van der Waals surface area (Å²) in [5.74, 6) is 0.274. The maximum atomic E-state index is 13.7. The third-order valence-electron chi connectivity index (χ3n) is 8.96. The van der Waals surface area contributed by atoms with Gasteiger partial charge in [-0.05, 0) is 41.6 Å². The predicted molar refractivity (Wildman–Crippen MR) is 136 cm³/mol. The third kappa shape index (κ3) is 5.70. The Bertz CT molecular complexity index is 789. The van der Waals surface area contributed by atoms with Gasteiger partial charge in [-0.2, -0.15) is 0 Å². The maximum absolute atomic E-state index is 13.7. The maximum Gasteiger partial charge on any atom is 0.306 e. The highest BCUT2D eigenvalue weighted by Gasteiger charge is 2.60. The van der Waals surface area contributed by atoms with Crippen LogP contribution in [0.5, 0.6) is 0 Å². The molecule has 0 spiro atoms. The van der Waals surface area contributed by atoms with Crippen LogP contribution in [-0.4, -0.2) is 34.8 Å². The summed E-state index contributed by atoms with van der Waals surface area (Å²) in [5, 5.41) is 0. The SMILES string of the molecule is CCC1(C(C)(C)C(C)(C)C)CCN1[C@@H](CCC(=O)OCc1ccccc1)C(=O)C(C)C(C)C. The molecular weight excluding hydrogens is 410 g/mol. The molecule has 1 aliphatic heterocycles. The summed E-state index contributed by atoms with van der Waals surface area (Å²) in [4.78, 5) is 28.8. The minimum Gasteiger partial charge on any atom is -0.461 e. The molecule has 186 valence electrons. The monoisotopic (exact) mass is 457 g/mol. The minimum atomic E-state index is -0.248. The van der Waals surface area contributed by atoms with Crippen LogP contribution in [0.2, 0.25) is 0 Å². The lowest BCUT2D eigenvalue weighted by molar-refractivity contribution is -0.175. The van der Waals surface area contributed by atoms with Crippen LogP contribution in [0.3, 0.4) is 0 Å². The van der Waals surface area contributed by atoms with E-state index in [9.17, 15) is 9.59 Å². The van der Waals surface area contributed by atoms with E-state index in [2.05, 4.69) is 60.3 Å². The van der Waals surface area contributed by atoms with Crippen molar-refractivity contribution in [3.63, 3.8) is 0 Å². The van der Waals surface area contributed by atoms with Crippen LogP contribution in [0.1, 0.15) is 93.6 Å². The normalized spacial score (nSPS) is 21.4. The number of benzene rings is 1. The standard InChI is InChI=1S/C29H47NO3/c1-10-29(28(8,9)27(5,6)7)18-19-30(29)24(26(32)22(4)21(2)3)16-17-25(31)33-20-23-14-12-11-13-15-23/h11-15,21-22,24H,10,16-20H2,1-9H3/t22?,24-,29?/m0/s1. The van der Waals surface area contributed by atoms with Gasteiger partial charge in [-0.1, -0.05) is 92.6 Å².